The zero-order valence-electron chi connectivity index (χ0n) is 10.8. The summed E-state index contributed by atoms with van der Waals surface area (Å²) in [4.78, 5) is 13.6. The first-order chi connectivity index (χ1) is 9.22. The van der Waals surface area contributed by atoms with Crippen LogP contribution in [0.1, 0.15) is 18.7 Å². The summed E-state index contributed by atoms with van der Waals surface area (Å²) in [5.74, 6) is 1.39. The van der Waals surface area contributed by atoms with Gasteiger partial charge in [0.15, 0.2) is 5.78 Å². The Bertz CT molecular complexity index is 589. The summed E-state index contributed by atoms with van der Waals surface area (Å²) in [6.45, 7) is 3.22. The van der Waals surface area contributed by atoms with E-state index in [-0.39, 0.29) is 0 Å². The second-order valence-electron chi connectivity index (χ2n) is 4.74. The van der Waals surface area contributed by atoms with Crippen LogP contribution in [0, 0.1) is 6.92 Å². The van der Waals surface area contributed by atoms with Crippen molar-refractivity contribution in [2.24, 2.45) is 0 Å². The number of Topliss-reactive ketones (excluding diaryl/α,β-unsaturated/α-hetero) is 1. The van der Waals surface area contributed by atoms with E-state index in [1.54, 1.807) is 6.92 Å². The fraction of sp³-hybridized carbons (Fsp3) is 0.357. The first-order valence-corrected chi connectivity index (χ1v) is 6.39. The maximum Gasteiger partial charge on any atom is 0.247 e. The Morgan fingerprint density at radius 3 is 2.63 bits per heavy atom. The SMILES string of the molecule is Cc1nnc(-c2ccc(N3CCCC(=O)C3)cc2)o1. The highest BCUT2D eigenvalue weighted by Crippen LogP contribution is 2.23. The highest BCUT2D eigenvalue weighted by molar-refractivity contribution is 5.84. The summed E-state index contributed by atoms with van der Waals surface area (Å²) in [7, 11) is 0. The van der Waals surface area contributed by atoms with Gasteiger partial charge >= 0.3 is 0 Å². The number of ketones is 1. The van der Waals surface area contributed by atoms with Gasteiger partial charge in [0, 0.05) is 31.1 Å². The Morgan fingerprint density at radius 1 is 1.21 bits per heavy atom. The van der Waals surface area contributed by atoms with Crippen LogP contribution >= 0.6 is 0 Å². The van der Waals surface area contributed by atoms with Gasteiger partial charge in [0.2, 0.25) is 11.8 Å². The third-order valence-electron chi connectivity index (χ3n) is 3.26. The molecule has 5 nitrogen and oxygen atoms in total. The van der Waals surface area contributed by atoms with E-state index >= 15 is 0 Å². The predicted octanol–water partition coefficient (Wildman–Crippen LogP) is 2.21. The minimum atomic E-state index is 0.308. The molecule has 3 rings (SSSR count). The maximum absolute atomic E-state index is 11.5. The van der Waals surface area contributed by atoms with Crippen molar-refractivity contribution < 1.29 is 9.21 Å². The summed E-state index contributed by atoms with van der Waals surface area (Å²) in [5.41, 5.74) is 1.96. The largest absolute Gasteiger partial charge is 0.421 e. The van der Waals surface area contributed by atoms with Gasteiger partial charge < -0.3 is 9.32 Å². The van der Waals surface area contributed by atoms with Gasteiger partial charge in [-0.05, 0) is 30.7 Å². The smallest absolute Gasteiger partial charge is 0.247 e. The molecule has 0 radical (unpaired) electrons. The van der Waals surface area contributed by atoms with E-state index in [0.717, 1.165) is 24.2 Å². The van der Waals surface area contributed by atoms with Gasteiger partial charge in [0.25, 0.3) is 0 Å². The molecule has 0 atom stereocenters. The molecule has 0 spiro atoms. The van der Waals surface area contributed by atoms with Gasteiger partial charge in [-0.2, -0.15) is 0 Å². The molecule has 1 aliphatic heterocycles. The molecule has 2 aromatic rings. The van der Waals surface area contributed by atoms with Crippen molar-refractivity contribution in [3.8, 4) is 11.5 Å². The van der Waals surface area contributed by atoms with Crippen LogP contribution in [0.15, 0.2) is 28.7 Å². The zero-order chi connectivity index (χ0) is 13.2. The Labute approximate surface area is 111 Å². The number of benzene rings is 1. The molecule has 1 aromatic carbocycles. The third-order valence-corrected chi connectivity index (χ3v) is 3.26. The minimum absolute atomic E-state index is 0.308. The summed E-state index contributed by atoms with van der Waals surface area (Å²) in [5, 5.41) is 7.80. The van der Waals surface area contributed by atoms with Gasteiger partial charge in [0.1, 0.15) is 0 Å². The number of rotatable bonds is 2. The van der Waals surface area contributed by atoms with Gasteiger partial charge in [-0.25, -0.2) is 0 Å². The van der Waals surface area contributed by atoms with Crippen molar-refractivity contribution in [2.75, 3.05) is 18.0 Å². The lowest BCUT2D eigenvalue weighted by molar-refractivity contribution is -0.118. The first kappa shape index (κ1) is 11.9. The number of hydrogen-bond acceptors (Lipinski definition) is 5. The van der Waals surface area contributed by atoms with Crippen LogP contribution in [0.2, 0.25) is 0 Å². The molecule has 0 saturated carbocycles. The van der Waals surface area contributed by atoms with Crippen molar-refractivity contribution in [3.63, 3.8) is 0 Å². The summed E-state index contributed by atoms with van der Waals surface area (Å²) >= 11 is 0. The molecule has 0 bridgehead atoms. The van der Waals surface area contributed by atoms with Crippen LogP contribution in [0.5, 0.6) is 0 Å². The number of carbonyl (C=O) groups is 1. The molecule has 5 heteroatoms. The molecule has 0 amide bonds. The van der Waals surface area contributed by atoms with E-state index < -0.39 is 0 Å². The number of anilines is 1. The molecule has 0 aliphatic carbocycles. The average molecular weight is 257 g/mol. The van der Waals surface area contributed by atoms with Crippen molar-refractivity contribution in [2.45, 2.75) is 19.8 Å². The first-order valence-electron chi connectivity index (χ1n) is 6.39. The standard InChI is InChI=1S/C14H15N3O2/c1-10-15-16-14(19-10)11-4-6-12(7-5-11)17-8-2-3-13(18)9-17/h4-7H,2-3,8-9H2,1H3. The van der Waals surface area contributed by atoms with E-state index in [1.165, 1.54) is 0 Å². The number of nitrogens with zero attached hydrogens (tertiary/aromatic N) is 3. The third kappa shape index (κ3) is 2.50. The van der Waals surface area contributed by atoms with Crippen LogP contribution in [0.25, 0.3) is 11.5 Å². The molecule has 98 valence electrons. The fourth-order valence-electron chi connectivity index (χ4n) is 2.29. The molecule has 1 aromatic heterocycles. The number of aryl methyl sites for hydroxylation is 1. The number of hydrogen-bond donors (Lipinski definition) is 0. The number of carbonyl (C=O) groups excluding carboxylic acids is 1. The zero-order valence-corrected chi connectivity index (χ0v) is 10.8. The Balaban J connectivity index is 1.80. The molecule has 1 saturated heterocycles. The van der Waals surface area contributed by atoms with E-state index in [2.05, 4.69) is 15.1 Å². The summed E-state index contributed by atoms with van der Waals surface area (Å²) in [6.07, 6.45) is 1.64. The molecular weight excluding hydrogens is 242 g/mol. The van der Waals surface area contributed by atoms with E-state index in [0.29, 0.717) is 30.5 Å². The quantitative estimate of drug-likeness (QED) is 0.825. The fourth-order valence-corrected chi connectivity index (χ4v) is 2.29. The molecule has 1 aliphatic rings. The van der Waals surface area contributed by atoms with Crippen LogP contribution in [0.3, 0.4) is 0 Å². The van der Waals surface area contributed by atoms with E-state index in [1.807, 2.05) is 24.3 Å². The Kier molecular flexibility index (Phi) is 3.03. The second-order valence-corrected chi connectivity index (χ2v) is 4.74. The van der Waals surface area contributed by atoms with Gasteiger partial charge in [-0.15, -0.1) is 10.2 Å². The number of aromatic nitrogens is 2. The topological polar surface area (TPSA) is 59.2 Å². The molecular formula is C14H15N3O2. The Morgan fingerprint density at radius 2 is 2.00 bits per heavy atom. The minimum Gasteiger partial charge on any atom is -0.421 e. The van der Waals surface area contributed by atoms with Gasteiger partial charge in [-0.3, -0.25) is 4.79 Å². The van der Waals surface area contributed by atoms with E-state index in [4.69, 9.17) is 4.42 Å². The van der Waals surface area contributed by atoms with E-state index in [9.17, 15) is 4.79 Å². The van der Waals surface area contributed by atoms with Crippen molar-refractivity contribution in [1.29, 1.82) is 0 Å². The highest BCUT2D eigenvalue weighted by atomic mass is 16.4. The maximum atomic E-state index is 11.5. The lowest BCUT2D eigenvalue weighted by atomic mass is 10.1. The highest BCUT2D eigenvalue weighted by Gasteiger charge is 2.17. The van der Waals surface area contributed by atoms with Crippen LogP contribution in [-0.4, -0.2) is 29.1 Å². The lowest BCUT2D eigenvalue weighted by Crippen LogP contribution is -2.35. The summed E-state index contributed by atoms with van der Waals surface area (Å²) < 4.78 is 5.38. The summed E-state index contributed by atoms with van der Waals surface area (Å²) in [6, 6.07) is 7.88. The predicted molar refractivity (Wildman–Crippen MR) is 70.9 cm³/mol. The lowest BCUT2D eigenvalue weighted by Gasteiger charge is -2.27. The number of piperidine rings is 1. The normalized spacial score (nSPS) is 15.8. The Hall–Kier alpha value is -2.17. The second kappa shape index (κ2) is 4.84. The molecule has 19 heavy (non-hydrogen) atoms. The molecule has 0 N–H and O–H groups in total. The molecule has 2 heterocycles. The van der Waals surface area contributed by atoms with Gasteiger partial charge in [0.05, 0.1) is 6.54 Å². The van der Waals surface area contributed by atoms with Crippen LogP contribution < -0.4 is 4.90 Å². The average Bonchev–Trinajstić information content (AvgIpc) is 2.86. The monoisotopic (exact) mass is 257 g/mol. The van der Waals surface area contributed by atoms with Crippen LogP contribution in [0.4, 0.5) is 5.69 Å². The molecule has 0 unspecified atom stereocenters. The molecule has 1 fully saturated rings. The van der Waals surface area contributed by atoms with Crippen molar-refractivity contribution in [1.82, 2.24) is 10.2 Å². The van der Waals surface area contributed by atoms with Crippen molar-refractivity contribution in [3.05, 3.63) is 30.2 Å². The van der Waals surface area contributed by atoms with Crippen molar-refractivity contribution >= 4 is 11.5 Å². The van der Waals surface area contributed by atoms with Crippen LogP contribution in [-0.2, 0) is 4.79 Å². The van der Waals surface area contributed by atoms with Gasteiger partial charge in [-0.1, -0.05) is 0 Å².